The lowest BCUT2D eigenvalue weighted by atomic mass is 10.0. The molecule has 1 aromatic heterocycles. The Morgan fingerprint density at radius 3 is 2.79 bits per heavy atom. The van der Waals surface area contributed by atoms with Gasteiger partial charge in [0.05, 0.1) is 11.9 Å². The predicted molar refractivity (Wildman–Crippen MR) is 78.8 cm³/mol. The lowest BCUT2D eigenvalue weighted by molar-refractivity contribution is 0.518. The zero-order valence-electron chi connectivity index (χ0n) is 11.6. The number of rotatable bonds is 6. The highest BCUT2D eigenvalue weighted by molar-refractivity contribution is 5.59. The highest BCUT2D eigenvalue weighted by atomic mass is 14.9. The van der Waals surface area contributed by atoms with Gasteiger partial charge in [0.2, 0.25) is 0 Å². The summed E-state index contributed by atoms with van der Waals surface area (Å²) in [6.45, 7) is 5.45. The Balaban J connectivity index is 2.23. The maximum Gasteiger partial charge on any atom is 0.0885 e. The van der Waals surface area contributed by atoms with Crippen molar-refractivity contribution in [2.75, 3.05) is 6.54 Å². The van der Waals surface area contributed by atoms with Gasteiger partial charge in [0.1, 0.15) is 0 Å². The Morgan fingerprint density at radius 1 is 1.21 bits per heavy atom. The summed E-state index contributed by atoms with van der Waals surface area (Å²) in [5.74, 6) is 0. The van der Waals surface area contributed by atoms with Crippen molar-refractivity contribution in [3.05, 3.63) is 48.4 Å². The molecule has 2 aromatic rings. The maximum atomic E-state index is 4.35. The second-order valence-corrected chi connectivity index (χ2v) is 4.63. The van der Waals surface area contributed by atoms with Crippen LogP contribution in [0.25, 0.3) is 11.3 Å². The van der Waals surface area contributed by atoms with E-state index >= 15 is 0 Å². The number of benzene rings is 1. The van der Waals surface area contributed by atoms with E-state index in [1.165, 1.54) is 5.56 Å². The van der Waals surface area contributed by atoms with Crippen molar-refractivity contribution in [2.24, 2.45) is 0 Å². The number of nitrogens with one attached hydrogen (secondary N) is 1. The zero-order valence-corrected chi connectivity index (χ0v) is 11.6. The first kappa shape index (κ1) is 13.7. The lowest BCUT2D eigenvalue weighted by Crippen LogP contribution is -2.21. The monoisotopic (exact) mass is 255 g/mol. The van der Waals surface area contributed by atoms with Gasteiger partial charge in [-0.25, -0.2) is 0 Å². The molecule has 3 heteroatoms. The summed E-state index contributed by atoms with van der Waals surface area (Å²) in [7, 11) is 0. The van der Waals surface area contributed by atoms with Gasteiger partial charge in [0.15, 0.2) is 0 Å². The molecular weight excluding hydrogens is 234 g/mol. The van der Waals surface area contributed by atoms with E-state index in [4.69, 9.17) is 0 Å². The Hall–Kier alpha value is -1.74. The molecule has 0 amide bonds. The number of hydrogen-bond donors (Lipinski definition) is 1. The topological polar surface area (TPSA) is 37.8 Å². The first-order chi connectivity index (χ1) is 9.35. The quantitative estimate of drug-likeness (QED) is 0.857. The number of hydrogen-bond acceptors (Lipinski definition) is 3. The summed E-state index contributed by atoms with van der Waals surface area (Å²) >= 11 is 0. The summed E-state index contributed by atoms with van der Waals surface area (Å²) in [5.41, 5.74) is 3.37. The van der Waals surface area contributed by atoms with Crippen LogP contribution in [-0.2, 0) is 0 Å². The van der Waals surface area contributed by atoms with Crippen LogP contribution in [0, 0.1) is 0 Å². The predicted octanol–water partition coefficient (Wildman–Crippen LogP) is 3.59. The molecule has 0 bridgehead atoms. The van der Waals surface area contributed by atoms with Crippen molar-refractivity contribution in [3.63, 3.8) is 0 Å². The van der Waals surface area contributed by atoms with Gasteiger partial charge in [-0.1, -0.05) is 32.0 Å². The summed E-state index contributed by atoms with van der Waals surface area (Å²) in [6.07, 6.45) is 7.48. The number of aromatic nitrogens is 2. The van der Waals surface area contributed by atoms with Gasteiger partial charge >= 0.3 is 0 Å². The zero-order chi connectivity index (χ0) is 13.5. The minimum absolute atomic E-state index is 0.413. The molecule has 0 aliphatic heterocycles. The van der Waals surface area contributed by atoms with Gasteiger partial charge < -0.3 is 5.32 Å². The Kier molecular flexibility index (Phi) is 5.04. The molecule has 0 fully saturated rings. The summed E-state index contributed by atoms with van der Waals surface area (Å²) in [6, 6.07) is 8.98. The average Bonchev–Trinajstić information content (AvgIpc) is 2.49. The van der Waals surface area contributed by atoms with Crippen molar-refractivity contribution in [2.45, 2.75) is 32.7 Å². The van der Waals surface area contributed by atoms with Gasteiger partial charge in [-0.15, -0.1) is 0 Å². The highest BCUT2D eigenvalue weighted by Gasteiger charge is 2.09. The molecule has 1 aromatic carbocycles. The standard InChI is InChI=1S/C16H21N3/c1-3-8-18-15(4-2)13-6-5-7-14(11-13)16-12-17-9-10-19-16/h5-7,9-12,15,18H,3-4,8H2,1-2H3. The van der Waals surface area contributed by atoms with Gasteiger partial charge in [-0.05, 0) is 31.0 Å². The molecule has 1 N–H and O–H groups in total. The second-order valence-electron chi connectivity index (χ2n) is 4.63. The van der Waals surface area contributed by atoms with Gasteiger partial charge in [0, 0.05) is 24.0 Å². The van der Waals surface area contributed by atoms with E-state index in [0.29, 0.717) is 6.04 Å². The van der Waals surface area contributed by atoms with Crippen molar-refractivity contribution in [1.29, 1.82) is 0 Å². The molecule has 1 atom stereocenters. The van der Waals surface area contributed by atoms with Crippen molar-refractivity contribution in [3.8, 4) is 11.3 Å². The van der Waals surface area contributed by atoms with Crippen molar-refractivity contribution < 1.29 is 0 Å². The second kappa shape index (κ2) is 7.00. The minimum Gasteiger partial charge on any atom is -0.310 e. The lowest BCUT2D eigenvalue weighted by Gasteiger charge is -2.17. The van der Waals surface area contributed by atoms with Crippen LogP contribution >= 0.6 is 0 Å². The minimum atomic E-state index is 0.413. The number of nitrogens with zero attached hydrogens (tertiary/aromatic N) is 2. The average molecular weight is 255 g/mol. The SMILES string of the molecule is CCCNC(CC)c1cccc(-c2cnccn2)c1. The third-order valence-corrected chi connectivity index (χ3v) is 3.20. The molecule has 0 radical (unpaired) electrons. The molecule has 0 saturated carbocycles. The highest BCUT2D eigenvalue weighted by Crippen LogP contribution is 2.22. The van der Waals surface area contributed by atoms with Crippen LogP contribution in [0.2, 0.25) is 0 Å². The van der Waals surface area contributed by atoms with Crippen LogP contribution < -0.4 is 5.32 Å². The van der Waals surface area contributed by atoms with E-state index < -0.39 is 0 Å². The largest absolute Gasteiger partial charge is 0.310 e. The van der Waals surface area contributed by atoms with Crippen LogP contribution in [0.4, 0.5) is 0 Å². The Bertz CT molecular complexity index is 496. The maximum absolute atomic E-state index is 4.35. The first-order valence-electron chi connectivity index (χ1n) is 6.94. The van der Waals surface area contributed by atoms with Crippen molar-refractivity contribution in [1.82, 2.24) is 15.3 Å². The van der Waals surface area contributed by atoms with Gasteiger partial charge in [-0.2, -0.15) is 0 Å². The van der Waals surface area contributed by atoms with Crippen LogP contribution in [0.15, 0.2) is 42.9 Å². The van der Waals surface area contributed by atoms with E-state index in [1.807, 2.05) is 0 Å². The van der Waals surface area contributed by atoms with E-state index in [2.05, 4.69) is 53.4 Å². The normalized spacial score (nSPS) is 12.3. The summed E-state index contributed by atoms with van der Waals surface area (Å²) in [4.78, 5) is 8.48. The Morgan fingerprint density at radius 2 is 2.11 bits per heavy atom. The van der Waals surface area contributed by atoms with E-state index in [9.17, 15) is 0 Å². The van der Waals surface area contributed by atoms with Gasteiger partial charge in [-0.3, -0.25) is 9.97 Å². The van der Waals surface area contributed by atoms with E-state index in [-0.39, 0.29) is 0 Å². The Labute approximate surface area is 115 Å². The van der Waals surface area contributed by atoms with Crippen LogP contribution in [0.1, 0.15) is 38.3 Å². The molecule has 1 heterocycles. The first-order valence-corrected chi connectivity index (χ1v) is 6.94. The molecule has 1 unspecified atom stereocenters. The molecule has 0 saturated heterocycles. The van der Waals surface area contributed by atoms with Crippen LogP contribution in [-0.4, -0.2) is 16.5 Å². The van der Waals surface area contributed by atoms with Gasteiger partial charge in [0.25, 0.3) is 0 Å². The summed E-state index contributed by atoms with van der Waals surface area (Å²) < 4.78 is 0. The van der Waals surface area contributed by atoms with E-state index in [0.717, 1.165) is 30.6 Å². The smallest absolute Gasteiger partial charge is 0.0885 e. The molecule has 100 valence electrons. The molecule has 19 heavy (non-hydrogen) atoms. The third-order valence-electron chi connectivity index (χ3n) is 3.20. The molecule has 2 rings (SSSR count). The summed E-state index contributed by atoms with van der Waals surface area (Å²) in [5, 5.41) is 3.58. The fraction of sp³-hybridized carbons (Fsp3) is 0.375. The van der Waals surface area contributed by atoms with Crippen LogP contribution in [0.5, 0.6) is 0 Å². The van der Waals surface area contributed by atoms with Crippen molar-refractivity contribution >= 4 is 0 Å². The molecule has 0 spiro atoms. The molecule has 0 aliphatic carbocycles. The fourth-order valence-corrected chi connectivity index (χ4v) is 2.18. The molecule has 0 aliphatic rings. The van der Waals surface area contributed by atoms with Crippen LogP contribution in [0.3, 0.4) is 0 Å². The molecular formula is C16H21N3. The fourth-order valence-electron chi connectivity index (χ4n) is 2.18. The third kappa shape index (κ3) is 3.61. The van der Waals surface area contributed by atoms with E-state index in [1.54, 1.807) is 18.6 Å². The molecule has 3 nitrogen and oxygen atoms in total.